The molecule has 1 heterocycles. The molecule has 0 aliphatic heterocycles. The summed E-state index contributed by atoms with van der Waals surface area (Å²) in [5.41, 5.74) is 6.74. The standard InChI is InChI=1S/C15H17N3OS/c1-2-11(9-14(16)20)17-15(19)13-8-7-10-5-3-4-6-12(10)18-13/h3-8,11H,2,9H2,1H3,(H2,16,20)(H,17,19). The second-order valence-corrected chi connectivity index (χ2v) is 5.16. The van der Waals surface area contributed by atoms with E-state index < -0.39 is 0 Å². The van der Waals surface area contributed by atoms with E-state index in [0.717, 1.165) is 17.3 Å². The van der Waals surface area contributed by atoms with Gasteiger partial charge in [0.15, 0.2) is 0 Å². The third kappa shape index (κ3) is 3.51. The minimum atomic E-state index is -0.196. The highest BCUT2D eigenvalue weighted by Crippen LogP contribution is 2.12. The van der Waals surface area contributed by atoms with Gasteiger partial charge in [-0.2, -0.15) is 0 Å². The molecule has 5 heteroatoms. The molecule has 0 saturated heterocycles. The molecule has 2 rings (SSSR count). The molecule has 104 valence electrons. The molecule has 0 radical (unpaired) electrons. The summed E-state index contributed by atoms with van der Waals surface area (Å²) in [7, 11) is 0. The summed E-state index contributed by atoms with van der Waals surface area (Å²) in [4.78, 5) is 17.0. The van der Waals surface area contributed by atoms with Gasteiger partial charge in [0.1, 0.15) is 5.69 Å². The topological polar surface area (TPSA) is 68.0 Å². The van der Waals surface area contributed by atoms with Crippen molar-refractivity contribution in [2.24, 2.45) is 5.73 Å². The summed E-state index contributed by atoms with van der Waals surface area (Å²) in [6.07, 6.45) is 1.28. The fourth-order valence-corrected chi connectivity index (χ4v) is 2.19. The fraction of sp³-hybridized carbons (Fsp3) is 0.267. The molecular formula is C15H17N3OS. The summed E-state index contributed by atoms with van der Waals surface area (Å²) >= 11 is 4.88. The minimum absolute atomic E-state index is 0.0479. The summed E-state index contributed by atoms with van der Waals surface area (Å²) in [5.74, 6) is -0.196. The van der Waals surface area contributed by atoms with Gasteiger partial charge in [0.2, 0.25) is 0 Å². The van der Waals surface area contributed by atoms with Crippen molar-refractivity contribution < 1.29 is 4.79 Å². The van der Waals surface area contributed by atoms with Gasteiger partial charge in [-0.05, 0) is 18.6 Å². The van der Waals surface area contributed by atoms with Crippen molar-refractivity contribution in [3.8, 4) is 0 Å². The van der Waals surface area contributed by atoms with Crippen LogP contribution in [0.15, 0.2) is 36.4 Å². The molecule has 1 unspecified atom stereocenters. The van der Waals surface area contributed by atoms with Crippen LogP contribution in [-0.2, 0) is 0 Å². The van der Waals surface area contributed by atoms with Crippen molar-refractivity contribution in [3.05, 3.63) is 42.1 Å². The zero-order valence-electron chi connectivity index (χ0n) is 11.3. The van der Waals surface area contributed by atoms with Gasteiger partial charge in [0, 0.05) is 17.8 Å². The number of thiocarbonyl (C=S) groups is 1. The summed E-state index contributed by atoms with van der Waals surface area (Å²) in [6.45, 7) is 1.98. The largest absolute Gasteiger partial charge is 0.393 e. The average molecular weight is 287 g/mol. The van der Waals surface area contributed by atoms with E-state index in [4.69, 9.17) is 18.0 Å². The Morgan fingerprint density at radius 1 is 1.35 bits per heavy atom. The summed E-state index contributed by atoms with van der Waals surface area (Å²) in [5, 5.41) is 3.92. The van der Waals surface area contributed by atoms with Crippen LogP contribution in [0.5, 0.6) is 0 Å². The van der Waals surface area contributed by atoms with Crippen LogP contribution in [0.2, 0.25) is 0 Å². The van der Waals surface area contributed by atoms with Gasteiger partial charge in [-0.15, -0.1) is 0 Å². The third-order valence-corrected chi connectivity index (χ3v) is 3.27. The molecule has 4 nitrogen and oxygen atoms in total. The minimum Gasteiger partial charge on any atom is -0.393 e. The highest BCUT2D eigenvalue weighted by Gasteiger charge is 2.14. The van der Waals surface area contributed by atoms with E-state index in [9.17, 15) is 4.79 Å². The van der Waals surface area contributed by atoms with E-state index in [1.807, 2.05) is 37.3 Å². The molecule has 0 aliphatic carbocycles. The number of benzene rings is 1. The first-order valence-electron chi connectivity index (χ1n) is 6.55. The van der Waals surface area contributed by atoms with Crippen LogP contribution in [0.4, 0.5) is 0 Å². The molecule has 0 fully saturated rings. The Balaban J connectivity index is 2.16. The normalized spacial score (nSPS) is 12.1. The predicted octanol–water partition coefficient (Wildman–Crippen LogP) is 2.42. The van der Waals surface area contributed by atoms with Crippen LogP contribution in [0, 0.1) is 0 Å². The first-order valence-corrected chi connectivity index (χ1v) is 6.96. The van der Waals surface area contributed by atoms with Crippen molar-refractivity contribution in [2.75, 3.05) is 0 Å². The van der Waals surface area contributed by atoms with Crippen LogP contribution in [0.1, 0.15) is 30.3 Å². The van der Waals surface area contributed by atoms with Gasteiger partial charge in [0.25, 0.3) is 5.91 Å². The van der Waals surface area contributed by atoms with Crippen LogP contribution in [0.3, 0.4) is 0 Å². The average Bonchev–Trinajstić information content (AvgIpc) is 2.45. The number of rotatable bonds is 5. The van der Waals surface area contributed by atoms with Gasteiger partial charge < -0.3 is 11.1 Å². The van der Waals surface area contributed by atoms with Gasteiger partial charge in [-0.3, -0.25) is 4.79 Å². The lowest BCUT2D eigenvalue weighted by Crippen LogP contribution is -2.37. The second kappa shape index (κ2) is 6.43. The number of fused-ring (bicyclic) bond motifs is 1. The number of amides is 1. The number of aromatic nitrogens is 1. The van der Waals surface area contributed by atoms with Gasteiger partial charge in [-0.1, -0.05) is 43.4 Å². The first-order chi connectivity index (χ1) is 9.60. The molecule has 0 spiro atoms. The lowest BCUT2D eigenvalue weighted by atomic mass is 10.1. The van der Waals surface area contributed by atoms with Gasteiger partial charge >= 0.3 is 0 Å². The van der Waals surface area contributed by atoms with E-state index >= 15 is 0 Å². The van der Waals surface area contributed by atoms with Crippen molar-refractivity contribution in [2.45, 2.75) is 25.8 Å². The third-order valence-electron chi connectivity index (χ3n) is 3.11. The van der Waals surface area contributed by atoms with Crippen LogP contribution in [-0.4, -0.2) is 21.9 Å². The number of carbonyl (C=O) groups excluding carboxylic acids is 1. The lowest BCUT2D eigenvalue weighted by Gasteiger charge is -2.15. The number of para-hydroxylation sites is 1. The predicted molar refractivity (Wildman–Crippen MR) is 84.7 cm³/mol. The van der Waals surface area contributed by atoms with Crippen molar-refractivity contribution in [3.63, 3.8) is 0 Å². The molecular weight excluding hydrogens is 270 g/mol. The number of nitrogens with two attached hydrogens (primary N) is 1. The molecule has 1 aromatic carbocycles. The number of hydrogen-bond acceptors (Lipinski definition) is 3. The Bertz CT molecular complexity index is 642. The Kier molecular flexibility index (Phi) is 4.63. The maximum absolute atomic E-state index is 12.2. The quantitative estimate of drug-likeness (QED) is 0.829. The Morgan fingerprint density at radius 3 is 2.80 bits per heavy atom. The maximum Gasteiger partial charge on any atom is 0.270 e. The van der Waals surface area contributed by atoms with E-state index in [-0.39, 0.29) is 11.9 Å². The molecule has 0 bridgehead atoms. The van der Waals surface area contributed by atoms with Gasteiger partial charge in [-0.25, -0.2) is 4.98 Å². The van der Waals surface area contributed by atoms with Crippen molar-refractivity contribution >= 4 is 34.0 Å². The zero-order valence-corrected chi connectivity index (χ0v) is 12.1. The first kappa shape index (κ1) is 14.4. The number of carbonyl (C=O) groups is 1. The molecule has 0 aliphatic rings. The van der Waals surface area contributed by atoms with E-state index in [0.29, 0.717) is 17.1 Å². The van der Waals surface area contributed by atoms with E-state index in [2.05, 4.69) is 10.3 Å². The zero-order chi connectivity index (χ0) is 14.5. The molecule has 3 N–H and O–H groups in total. The van der Waals surface area contributed by atoms with Crippen LogP contribution in [0.25, 0.3) is 10.9 Å². The number of hydrogen-bond donors (Lipinski definition) is 2. The van der Waals surface area contributed by atoms with Gasteiger partial charge in [0.05, 0.1) is 10.5 Å². The lowest BCUT2D eigenvalue weighted by molar-refractivity contribution is 0.0932. The Morgan fingerprint density at radius 2 is 2.10 bits per heavy atom. The van der Waals surface area contributed by atoms with E-state index in [1.165, 1.54) is 0 Å². The molecule has 1 amide bonds. The second-order valence-electron chi connectivity index (χ2n) is 4.64. The summed E-state index contributed by atoms with van der Waals surface area (Å²) in [6, 6.07) is 11.3. The monoisotopic (exact) mass is 287 g/mol. The smallest absolute Gasteiger partial charge is 0.270 e. The molecule has 2 aromatic rings. The Labute approximate surface area is 123 Å². The molecule has 1 aromatic heterocycles. The highest BCUT2D eigenvalue weighted by atomic mass is 32.1. The number of nitrogens with zero attached hydrogens (tertiary/aromatic N) is 1. The van der Waals surface area contributed by atoms with Crippen molar-refractivity contribution in [1.29, 1.82) is 0 Å². The maximum atomic E-state index is 12.2. The van der Waals surface area contributed by atoms with E-state index in [1.54, 1.807) is 6.07 Å². The molecule has 1 atom stereocenters. The number of pyridine rings is 1. The van der Waals surface area contributed by atoms with Crippen LogP contribution < -0.4 is 11.1 Å². The van der Waals surface area contributed by atoms with Crippen molar-refractivity contribution in [1.82, 2.24) is 10.3 Å². The highest BCUT2D eigenvalue weighted by molar-refractivity contribution is 7.80. The molecule has 20 heavy (non-hydrogen) atoms. The number of nitrogens with one attached hydrogen (secondary N) is 1. The fourth-order valence-electron chi connectivity index (χ4n) is 1.99. The Hall–Kier alpha value is -2.01. The summed E-state index contributed by atoms with van der Waals surface area (Å²) < 4.78 is 0. The van der Waals surface area contributed by atoms with Crippen LogP contribution >= 0.6 is 12.2 Å². The SMILES string of the molecule is CCC(CC(N)=S)NC(=O)c1ccc2ccccc2n1. The molecule has 0 saturated carbocycles.